The summed E-state index contributed by atoms with van der Waals surface area (Å²) in [6.45, 7) is 0. The normalized spacial score (nSPS) is 16.3. The van der Waals surface area contributed by atoms with E-state index in [0.717, 1.165) is 44.8 Å². The molecule has 1 N–H and O–H groups in total. The fourth-order valence-electron chi connectivity index (χ4n) is 3.61. The van der Waals surface area contributed by atoms with Crippen molar-refractivity contribution in [2.75, 3.05) is 7.11 Å². The van der Waals surface area contributed by atoms with Crippen LogP contribution >= 0.6 is 0 Å². The molecule has 0 unspecified atom stereocenters. The molecule has 1 aliphatic carbocycles. The first-order valence-corrected chi connectivity index (χ1v) is 8.14. The Morgan fingerprint density at radius 3 is 2.13 bits per heavy atom. The second kappa shape index (κ2) is 8.21. The minimum absolute atomic E-state index is 0.0475. The van der Waals surface area contributed by atoms with Crippen molar-refractivity contribution in [1.29, 1.82) is 0 Å². The van der Waals surface area contributed by atoms with Crippen LogP contribution in [-0.4, -0.2) is 12.2 Å². The summed E-state index contributed by atoms with van der Waals surface area (Å²) in [5, 5.41) is 7.00. The lowest BCUT2D eigenvalue weighted by Gasteiger charge is -2.38. The molecule has 0 atom stereocenters. The molecular weight excluding hydrogens is 294 g/mol. The smallest absolute Gasteiger partial charge is 0.159 e. The topological polar surface area (TPSA) is 20.2 Å². The third-order valence-electron chi connectivity index (χ3n) is 4.73. The van der Waals surface area contributed by atoms with Gasteiger partial charge >= 0.3 is 0 Å². The quantitative estimate of drug-likeness (QED) is 0.842. The van der Waals surface area contributed by atoms with Crippen LogP contribution < -0.4 is 0 Å². The molecule has 124 valence electrons. The van der Waals surface area contributed by atoms with Crippen LogP contribution in [0.3, 0.4) is 0 Å². The number of aliphatic hydroxyl groups is 1. The first kappa shape index (κ1) is 17.6. The number of benzene rings is 2. The average Bonchev–Trinajstić information content (AvgIpc) is 2.61. The van der Waals surface area contributed by atoms with Crippen LogP contribution in [0, 0.1) is 11.6 Å². The predicted molar refractivity (Wildman–Crippen MR) is 89.4 cm³/mol. The molecule has 1 aliphatic rings. The molecule has 0 saturated heterocycles. The van der Waals surface area contributed by atoms with E-state index in [1.165, 1.54) is 24.1 Å². The fraction of sp³-hybridized carbons (Fsp3) is 0.400. The van der Waals surface area contributed by atoms with E-state index >= 15 is 0 Å². The summed E-state index contributed by atoms with van der Waals surface area (Å²) in [5.41, 5.74) is 2.17. The van der Waals surface area contributed by atoms with Crippen molar-refractivity contribution in [3.05, 3.63) is 71.3 Å². The van der Waals surface area contributed by atoms with Gasteiger partial charge < -0.3 is 5.11 Å². The van der Waals surface area contributed by atoms with Gasteiger partial charge in [-0.25, -0.2) is 8.78 Å². The van der Waals surface area contributed by atoms with Gasteiger partial charge in [-0.3, -0.25) is 0 Å². The lowest BCUT2D eigenvalue weighted by atomic mass is 9.66. The van der Waals surface area contributed by atoms with E-state index in [9.17, 15) is 8.78 Å². The van der Waals surface area contributed by atoms with Crippen molar-refractivity contribution >= 4 is 0 Å². The number of hydrogen-bond acceptors (Lipinski definition) is 1. The highest BCUT2D eigenvalue weighted by atomic mass is 19.2. The molecule has 23 heavy (non-hydrogen) atoms. The SMILES string of the molecule is CO.Fc1ccc(C2(Cc3ccccc3)CCCCC2)cc1F. The van der Waals surface area contributed by atoms with Crippen LogP contribution in [0.2, 0.25) is 0 Å². The van der Waals surface area contributed by atoms with Crippen molar-refractivity contribution in [2.24, 2.45) is 0 Å². The number of hydrogen-bond donors (Lipinski definition) is 1. The van der Waals surface area contributed by atoms with Crippen molar-refractivity contribution < 1.29 is 13.9 Å². The molecular formula is C20H24F2O. The van der Waals surface area contributed by atoms with Gasteiger partial charge in [-0.2, -0.15) is 0 Å². The highest BCUT2D eigenvalue weighted by Gasteiger charge is 2.34. The molecule has 1 saturated carbocycles. The standard InChI is InChI=1S/C19H20F2.CH4O/c20-17-10-9-16(13-18(17)21)19(11-5-2-6-12-19)14-15-7-3-1-4-8-15;1-2/h1,3-4,7-10,13H,2,5-6,11-12,14H2;2H,1H3. The van der Waals surface area contributed by atoms with Crippen LogP contribution in [0.1, 0.15) is 43.2 Å². The van der Waals surface area contributed by atoms with Gasteiger partial charge in [-0.05, 0) is 47.9 Å². The third-order valence-corrected chi connectivity index (χ3v) is 4.73. The zero-order chi connectivity index (χ0) is 16.7. The molecule has 3 rings (SSSR count). The maximum atomic E-state index is 13.7. The molecule has 0 bridgehead atoms. The molecule has 0 amide bonds. The van der Waals surface area contributed by atoms with Gasteiger partial charge in [-0.1, -0.05) is 55.7 Å². The monoisotopic (exact) mass is 318 g/mol. The maximum Gasteiger partial charge on any atom is 0.159 e. The van der Waals surface area contributed by atoms with Crippen LogP contribution in [0.5, 0.6) is 0 Å². The summed E-state index contributed by atoms with van der Waals surface area (Å²) in [6, 6.07) is 14.8. The van der Waals surface area contributed by atoms with Gasteiger partial charge in [0.1, 0.15) is 0 Å². The van der Waals surface area contributed by atoms with Crippen molar-refractivity contribution in [2.45, 2.75) is 43.9 Å². The number of halogens is 2. The first-order valence-electron chi connectivity index (χ1n) is 8.14. The zero-order valence-electron chi connectivity index (χ0n) is 13.6. The molecule has 3 heteroatoms. The van der Waals surface area contributed by atoms with Gasteiger partial charge in [0.25, 0.3) is 0 Å². The Hall–Kier alpha value is -1.74. The van der Waals surface area contributed by atoms with Crippen molar-refractivity contribution in [1.82, 2.24) is 0 Å². The van der Waals surface area contributed by atoms with Gasteiger partial charge in [0.05, 0.1) is 0 Å². The predicted octanol–water partition coefficient (Wildman–Crippen LogP) is 5.02. The lowest BCUT2D eigenvalue weighted by molar-refractivity contribution is 0.289. The van der Waals surface area contributed by atoms with E-state index in [-0.39, 0.29) is 5.41 Å². The molecule has 1 nitrogen and oxygen atoms in total. The van der Waals surface area contributed by atoms with Gasteiger partial charge in [0.2, 0.25) is 0 Å². The second-order valence-electron chi connectivity index (χ2n) is 6.13. The highest BCUT2D eigenvalue weighted by Crippen LogP contribution is 2.42. The summed E-state index contributed by atoms with van der Waals surface area (Å²) >= 11 is 0. The third kappa shape index (κ3) is 4.17. The zero-order valence-corrected chi connectivity index (χ0v) is 13.6. The molecule has 0 aromatic heterocycles. The number of rotatable bonds is 3. The van der Waals surface area contributed by atoms with E-state index in [1.807, 2.05) is 18.2 Å². The van der Waals surface area contributed by atoms with Gasteiger partial charge in [0.15, 0.2) is 11.6 Å². The van der Waals surface area contributed by atoms with Crippen LogP contribution in [0.4, 0.5) is 8.78 Å². The molecule has 2 aromatic rings. The highest BCUT2D eigenvalue weighted by molar-refractivity contribution is 5.31. The van der Waals surface area contributed by atoms with E-state index in [2.05, 4.69) is 12.1 Å². The summed E-state index contributed by atoms with van der Waals surface area (Å²) in [5.74, 6) is -1.49. The van der Waals surface area contributed by atoms with Crippen LogP contribution in [0.15, 0.2) is 48.5 Å². The Labute approximate surface area is 137 Å². The average molecular weight is 318 g/mol. The fourth-order valence-corrected chi connectivity index (χ4v) is 3.61. The molecule has 0 aliphatic heterocycles. The summed E-state index contributed by atoms with van der Waals surface area (Å²) < 4.78 is 26.9. The molecule has 1 fully saturated rings. The molecule has 0 spiro atoms. The Bertz CT molecular complexity index is 604. The number of aliphatic hydroxyl groups excluding tert-OH is 1. The van der Waals surface area contributed by atoms with Gasteiger partial charge in [0, 0.05) is 7.11 Å². The summed E-state index contributed by atoms with van der Waals surface area (Å²) in [4.78, 5) is 0. The Balaban J connectivity index is 0.000000924. The van der Waals surface area contributed by atoms with Crippen molar-refractivity contribution in [3.63, 3.8) is 0 Å². The van der Waals surface area contributed by atoms with E-state index < -0.39 is 11.6 Å². The maximum absolute atomic E-state index is 13.7. The van der Waals surface area contributed by atoms with Crippen molar-refractivity contribution in [3.8, 4) is 0 Å². The largest absolute Gasteiger partial charge is 0.400 e. The summed E-state index contributed by atoms with van der Waals surface area (Å²) in [7, 11) is 1.00. The van der Waals surface area contributed by atoms with Gasteiger partial charge in [-0.15, -0.1) is 0 Å². The van der Waals surface area contributed by atoms with E-state index in [4.69, 9.17) is 5.11 Å². The molecule has 0 heterocycles. The van der Waals surface area contributed by atoms with Crippen LogP contribution in [0.25, 0.3) is 0 Å². The Morgan fingerprint density at radius 2 is 1.52 bits per heavy atom. The minimum atomic E-state index is -0.760. The summed E-state index contributed by atoms with van der Waals surface area (Å²) in [6.07, 6.45) is 6.55. The Kier molecular flexibility index (Phi) is 6.28. The Morgan fingerprint density at radius 1 is 0.870 bits per heavy atom. The van der Waals surface area contributed by atoms with E-state index in [1.54, 1.807) is 6.07 Å². The van der Waals surface area contributed by atoms with E-state index in [0.29, 0.717) is 0 Å². The first-order chi connectivity index (χ1) is 11.2. The minimum Gasteiger partial charge on any atom is -0.400 e. The lowest BCUT2D eigenvalue weighted by Crippen LogP contribution is -2.31. The van der Waals surface area contributed by atoms with Crippen LogP contribution in [-0.2, 0) is 11.8 Å². The molecule has 0 radical (unpaired) electrons. The molecule has 2 aromatic carbocycles. The second-order valence-corrected chi connectivity index (χ2v) is 6.13.